The fraction of sp³-hybridized carbons (Fsp3) is 0.571. The van der Waals surface area contributed by atoms with Gasteiger partial charge in [-0.1, -0.05) is 6.92 Å². The van der Waals surface area contributed by atoms with Gasteiger partial charge in [-0.05, 0) is 0 Å². The molecule has 0 aromatic rings. The number of amides is 1. The summed E-state index contributed by atoms with van der Waals surface area (Å²) in [6.45, 7) is 0.533. The van der Waals surface area contributed by atoms with Crippen molar-refractivity contribution in [3.05, 3.63) is 0 Å². The van der Waals surface area contributed by atoms with Crippen molar-refractivity contribution >= 4 is 18.0 Å². The second-order valence-corrected chi connectivity index (χ2v) is 2.17. The van der Waals surface area contributed by atoms with Crippen molar-refractivity contribution < 1.29 is 29.0 Å². The standard InChI is InChI=1S/C7H11NO6/c1-2-6(11)13-4-14-7(12)8-3-5(9)10/h2-4H2,1H3,(H,8,12)(H,9,10). The predicted octanol–water partition coefficient (Wildman–Crippen LogP) is -0.292. The first-order valence-corrected chi connectivity index (χ1v) is 3.84. The van der Waals surface area contributed by atoms with Crippen molar-refractivity contribution in [1.29, 1.82) is 0 Å². The van der Waals surface area contributed by atoms with Gasteiger partial charge < -0.3 is 19.9 Å². The predicted molar refractivity (Wildman–Crippen MR) is 43.4 cm³/mol. The molecule has 0 unspecified atom stereocenters. The van der Waals surface area contributed by atoms with Crippen molar-refractivity contribution in [3.63, 3.8) is 0 Å². The third-order valence-corrected chi connectivity index (χ3v) is 1.08. The number of hydrogen-bond acceptors (Lipinski definition) is 5. The molecule has 14 heavy (non-hydrogen) atoms. The molecule has 0 radical (unpaired) electrons. The van der Waals surface area contributed by atoms with E-state index in [1.807, 2.05) is 5.32 Å². The molecule has 0 aromatic carbocycles. The molecule has 0 aliphatic rings. The van der Waals surface area contributed by atoms with E-state index in [0.717, 1.165) is 0 Å². The number of hydrogen-bond donors (Lipinski definition) is 2. The van der Waals surface area contributed by atoms with Crippen LogP contribution in [0.3, 0.4) is 0 Å². The third-order valence-electron chi connectivity index (χ3n) is 1.08. The van der Waals surface area contributed by atoms with E-state index in [-0.39, 0.29) is 6.42 Å². The molecule has 7 heteroatoms. The fourth-order valence-corrected chi connectivity index (χ4v) is 0.450. The van der Waals surface area contributed by atoms with Crippen molar-refractivity contribution in [3.8, 4) is 0 Å². The molecular formula is C7H11NO6. The number of carboxylic acid groups (broad SMARTS) is 1. The minimum absolute atomic E-state index is 0.181. The number of carbonyl (C=O) groups excluding carboxylic acids is 2. The molecule has 0 fully saturated rings. The Morgan fingerprint density at radius 1 is 1.29 bits per heavy atom. The lowest BCUT2D eigenvalue weighted by atomic mass is 10.5. The van der Waals surface area contributed by atoms with E-state index in [9.17, 15) is 14.4 Å². The van der Waals surface area contributed by atoms with Gasteiger partial charge in [0.25, 0.3) is 0 Å². The SMILES string of the molecule is CCC(=O)OCOC(=O)NCC(=O)O. The Morgan fingerprint density at radius 2 is 1.93 bits per heavy atom. The van der Waals surface area contributed by atoms with Gasteiger partial charge in [-0.2, -0.15) is 0 Å². The molecule has 7 nitrogen and oxygen atoms in total. The number of rotatable bonds is 5. The van der Waals surface area contributed by atoms with Gasteiger partial charge in [-0.3, -0.25) is 9.59 Å². The molecule has 0 rings (SSSR count). The summed E-state index contributed by atoms with van der Waals surface area (Å²) in [5.41, 5.74) is 0. The van der Waals surface area contributed by atoms with E-state index in [1.54, 1.807) is 6.92 Å². The molecule has 0 saturated carbocycles. The van der Waals surface area contributed by atoms with Gasteiger partial charge in [0.1, 0.15) is 6.54 Å². The average Bonchev–Trinajstić information content (AvgIpc) is 2.14. The van der Waals surface area contributed by atoms with Crippen LogP contribution in [0.15, 0.2) is 0 Å². The molecule has 0 heterocycles. The van der Waals surface area contributed by atoms with Crippen molar-refractivity contribution in [2.24, 2.45) is 0 Å². The van der Waals surface area contributed by atoms with E-state index in [0.29, 0.717) is 0 Å². The lowest BCUT2D eigenvalue weighted by molar-refractivity contribution is -0.151. The Bertz CT molecular complexity index is 226. The first-order chi connectivity index (χ1) is 6.56. The summed E-state index contributed by atoms with van der Waals surface area (Å²) in [6.07, 6.45) is -0.767. The summed E-state index contributed by atoms with van der Waals surface area (Å²) >= 11 is 0. The lowest BCUT2D eigenvalue weighted by Crippen LogP contribution is -2.30. The largest absolute Gasteiger partial charge is 0.480 e. The molecule has 80 valence electrons. The highest BCUT2D eigenvalue weighted by Crippen LogP contribution is 1.85. The van der Waals surface area contributed by atoms with Gasteiger partial charge in [0.15, 0.2) is 0 Å². The summed E-state index contributed by atoms with van der Waals surface area (Å²) in [4.78, 5) is 31.1. The number of aliphatic carboxylic acids is 1. The number of alkyl carbamates (subject to hydrolysis) is 1. The highest BCUT2D eigenvalue weighted by atomic mass is 16.7. The third kappa shape index (κ3) is 6.89. The van der Waals surface area contributed by atoms with Gasteiger partial charge in [-0.15, -0.1) is 0 Å². The molecule has 0 spiro atoms. The van der Waals surface area contributed by atoms with Crippen LogP contribution in [0.2, 0.25) is 0 Å². The molecular weight excluding hydrogens is 194 g/mol. The topological polar surface area (TPSA) is 102 Å². The molecule has 0 aromatic heterocycles. The Labute approximate surface area is 80.0 Å². The van der Waals surface area contributed by atoms with Crippen LogP contribution in [0.25, 0.3) is 0 Å². The molecule has 0 aliphatic carbocycles. The second kappa shape index (κ2) is 6.70. The monoisotopic (exact) mass is 205 g/mol. The highest BCUT2D eigenvalue weighted by Gasteiger charge is 2.05. The van der Waals surface area contributed by atoms with Gasteiger partial charge in [0, 0.05) is 6.42 Å². The molecule has 0 bridgehead atoms. The number of nitrogens with one attached hydrogen (secondary N) is 1. The van der Waals surface area contributed by atoms with E-state index in [2.05, 4.69) is 9.47 Å². The number of esters is 1. The summed E-state index contributed by atoms with van der Waals surface area (Å²) in [5, 5.41) is 10.1. The van der Waals surface area contributed by atoms with Crippen LogP contribution in [0.5, 0.6) is 0 Å². The average molecular weight is 205 g/mol. The Kier molecular flexibility index (Phi) is 5.84. The summed E-state index contributed by atoms with van der Waals surface area (Å²) in [7, 11) is 0. The van der Waals surface area contributed by atoms with E-state index >= 15 is 0 Å². The van der Waals surface area contributed by atoms with Gasteiger partial charge in [-0.25, -0.2) is 4.79 Å². The Morgan fingerprint density at radius 3 is 2.43 bits per heavy atom. The highest BCUT2D eigenvalue weighted by molar-refractivity contribution is 5.76. The van der Waals surface area contributed by atoms with Crippen LogP contribution in [0.4, 0.5) is 4.79 Å². The minimum atomic E-state index is -1.19. The smallest absolute Gasteiger partial charge is 0.410 e. The lowest BCUT2D eigenvalue weighted by Gasteiger charge is -2.05. The van der Waals surface area contributed by atoms with Crippen LogP contribution >= 0.6 is 0 Å². The number of carboxylic acids is 1. The molecule has 2 N–H and O–H groups in total. The van der Waals surface area contributed by atoms with Crippen LogP contribution in [-0.4, -0.2) is 36.5 Å². The normalized spacial score (nSPS) is 8.93. The van der Waals surface area contributed by atoms with Crippen LogP contribution < -0.4 is 5.32 Å². The van der Waals surface area contributed by atoms with Crippen molar-refractivity contribution in [2.75, 3.05) is 13.3 Å². The molecule has 0 atom stereocenters. The first kappa shape index (κ1) is 12.2. The zero-order valence-electron chi connectivity index (χ0n) is 7.61. The summed E-state index contributed by atoms with van der Waals surface area (Å²) in [5.74, 6) is -1.69. The van der Waals surface area contributed by atoms with Crippen LogP contribution in [0, 0.1) is 0 Å². The summed E-state index contributed by atoms with van der Waals surface area (Å²) < 4.78 is 8.71. The van der Waals surface area contributed by atoms with Gasteiger partial charge in [0.2, 0.25) is 6.79 Å². The molecule has 0 aliphatic heterocycles. The molecule has 0 saturated heterocycles. The summed E-state index contributed by atoms with van der Waals surface area (Å²) in [6, 6.07) is 0. The fourth-order valence-electron chi connectivity index (χ4n) is 0.450. The van der Waals surface area contributed by atoms with Crippen LogP contribution in [-0.2, 0) is 19.1 Å². The first-order valence-electron chi connectivity index (χ1n) is 3.84. The van der Waals surface area contributed by atoms with Crippen LogP contribution in [0.1, 0.15) is 13.3 Å². The maximum absolute atomic E-state index is 10.6. The Balaban J connectivity index is 3.45. The maximum Gasteiger partial charge on any atom is 0.410 e. The molecule has 1 amide bonds. The zero-order valence-corrected chi connectivity index (χ0v) is 7.61. The van der Waals surface area contributed by atoms with Gasteiger partial charge >= 0.3 is 18.0 Å². The minimum Gasteiger partial charge on any atom is -0.480 e. The van der Waals surface area contributed by atoms with Crippen molar-refractivity contribution in [1.82, 2.24) is 5.32 Å². The van der Waals surface area contributed by atoms with E-state index in [4.69, 9.17) is 5.11 Å². The maximum atomic E-state index is 10.6. The van der Waals surface area contributed by atoms with E-state index < -0.39 is 31.4 Å². The quantitative estimate of drug-likeness (QED) is 0.472. The van der Waals surface area contributed by atoms with Gasteiger partial charge in [0.05, 0.1) is 0 Å². The number of ether oxygens (including phenoxy) is 2. The second-order valence-electron chi connectivity index (χ2n) is 2.17. The van der Waals surface area contributed by atoms with Crippen molar-refractivity contribution in [2.45, 2.75) is 13.3 Å². The number of carbonyl (C=O) groups is 3. The zero-order chi connectivity index (χ0) is 11.0. The Hall–Kier alpha value is -1.79. The van der Waals surface area contributed by atoms with E-state index in [1.165, 1.54) is 0 Å².